The molecule has 0 fully saturated rings. The largest absolute Gasteiger partial charge is 0.0610 e. The maximum Gasteiger partial charge on any atom is -0.00142 e. The average molecular weight is 240 g/mol. The minimum absolute atomic E-state index is 1.35. The van der Waals surface area contributed by atoms with Gasteiger partial charge in [0, 0.05) is 0 Å². The summed E-state index contributed by atoms with van der Waals surface area (Å²) in [4.78, 5) is 0. The minimum Gasteiger partial charge on any atom is -0.0610 e. The maximum atomic E-state index is 2.27. The molecule has 0 amide bonds. The second kappa shape index (κ2) is 2.97. The quantitative estimate of drug-likeness (QED) is 0.316. The third-order valence-corrected chi connectivity index (χ3v) is 4.49. The van der Waals surface area contributed by atoms with Crippen molar-refractivity contribution < 1.29 is 0 Å². The van der Waals surface area contributed by atoms with Crippen molar-refractivity contribution >= 4 is 32.3 Å². The molecular weight excluding hydrogens is 228 g/mol. The SMILES string of the molecule is Cc1ccc2ccc3ccc4cccc5c4c3c2c1-5. The Morgan fingerprint density at radius 3 is 2.00 bits per heavy atom. The highest BCUT2D eigenvalue weighted by atomic mass is 14.2. The second-order valence-electron chi connectivity index (χ2n) is 5.49. The Balaban J connectivity index is 2.29. The normalized spacial score (nSPS) is 12.5. The van der Waals surface area contributed by atoms with Gasteiger partial charge in [0.25, 0.3) is 0 Å². The van der Waals surface area contributed by atoms with Gasteiger partial charge < -0.3 is 0 Å². The Morgan fingerprint density at radius 2 is 1.21 bits per heavy atom. The van der Waals surface area contributed by atoms with E-state index in [-0.39, 0.29) is 0 Å². The van der Waals surface area contributed by atoms with Gasteiger partial charge in [0.1, 0.15) is 0 Å². The maximum absolute atomic E-state index is 2.27. The summed E-state index contributed by atoms with van der Waals surface area (Å²) in [6.07, 6.45) is 0. The summed E-state index contributed by atoms with van der Waals surface area (Å²) >= 11 is 0. The Bertz CT molecular complexity index is 1000. The van der Waals surface area contributed by atoms with Crippen LogP contribution in [0.3, 0.4) is 0 Å². The van der Waals surface area contributed by atoms with Crippen molar-refractivity contribution in [2.45, 2.75) is 6.92 Å². The Labute approximate surface area is 111 Å². The van der Waals surface area contributed by atoms with E-state index >= 15 is 0 Å². The van der Waals surface area contributed by atoms with Crippen molar-refractivity contribution in [2.75, 3.05) is 0 Å². The van der Waals surface area contributed by atoms with E-state index in [2.05, 4.69) is 61.5 Å². The lowest BCUT2D eigenvalue weighted by atomic mass is 9.98. The molecule has 1 aliphatic rings. The summed E-state index contributed by atoms with van der Waals surface area (Å²) < 4.78 is 0. The van der Waals surface area contributed by atoms with E-state index in [0.717, 1.165) is 0 Å². The van der Waals surface area contributed by atoms with Crippen LogP contribution >= 0.6 is 0 Å². The van der Waals surface area contributed by atoms with Crippen LogP contribution in [0.25, 0.3) is 43.4 Å². The van der Waals surface area contributed by atoms with E-state index in [4.69, 9.17) is 0 Å². The van der Waals surface area contributed by atoms with Gasteiger partial charge in [-0.25, -0.2) is 0 Å². The van der Waals surface area contributed by atoms with E-state index in [1.165, 1.54) is 49.0 Å². The molecule has 1 aliphatic carbocycles. The molecule has 5 rings (SSSR count). The van der Waals surface area contributed by atoms with Crippen LogP contribution in [0.1, 0.15) is 5.56 Å². The van der Waals surface area contributed by atoms with Crippen molar-refractivity contribution in [1.82, 2.24) is 0 Å². The zero-order chi connectivity index (χ0) is 12.6. The van der Waals surface area contributed by atoms with Crippen LogP contribution in [0.15, 0.2) is 54.6 Å². The van der Waals surface area contributed by atoms with Crippen molar-refractivity contribution in [3.63, 3.8) is 0 Å². The first-order valence-electron chi connectivity index (χ1n) is 6.73. The lowest BCUT2D eigenvalue weighted by Crippen LogP contribution is -1.81. The van der Waals surface area contributed by atoms with Crippen molar-refractivity contribution in [3.8, 4) is 11.1 Å². The molecule has 0 bridgehead atoms. The molecule has 0 nitrogen and oxygen atoms in total. The Morgan fingerprint density at radius 1 is 0.579 bits per heavy atom. The topological polar surface area (TPSA) is 0 Å². The molecule has 0 unspecified atom stereocenters. The van der Waals surface area contributed by atoms with Crippen LogP contribution in [-0.4, -0.2) is 0 Å². The highest BCUT2D eigenvalue weighted by Crippen LogP contribution is 2.48. The molecule has 0 saturated heterocycles. The third-order valence-electron chi connectivity index (χ3n) is 4.49. The van der Waals surface area contributed by atoms with Gasteiger partial charge in [-0.3, -0.25) is 0 Å². The monoisotopic (exact) mass is 240 g/mol. The van der Waals surface area contributed by atoms with Gasteiger partial charge in [-0.15, -0.1) is 0 Å². The standard InChI is InChI=1S/C19H12/c1-11-5-6-13-9-10-14-8-7-12-3-2-4-15-16(11)18(13)19(14)17(12)15/h2-10H,1H3. The average Bonchev–Trinajstić information content (AvgIpc) is 2.81. The zero-order valence-corrected chi connectivity index (χ0v) is 10.7. The molecule has 0 aromatic heterocycles. The van der Waals surface area contributed by atoms with Gasteiger partial charge >= 0.3 is 0 Å². The molecule has 0 aliphatic heterocycles. The molecule has 0 atom stereocenters. The molecule has 88 valence electrons. The third kappa shape index (κ3) is 0.978. The number of hydrogen-bond acceptors (Lipinski definition) is 0. The van der Waals surface area contributed by atoms with Gasteiger partial charge in [0.05, 0.1) is 0 Å². The summed E-state index contributed by atoms with van der Waals surface area (Å²) in [7, 11) is 0. The van der Waals surface area contributed by atoms with Crippen LogP contribution in [0.5, 0.6) is 0 Å². The lowest BCUT2D eigenvalue weighted by Gasteiger charge is -2.06. The predicted molar refractivity (Wildman–Crippen MR) is 82.7 cm³/mol. The minimum atomic E-state index is 1.35. The summed E-state index contributed by atoms with van der Waals surface area (Å²) in [6, 6.07) is 20.1. The van der Waals surface area contributed by atoms with Crippen LogP contribution in [-0.2, 0) is 0 Å². The highest BCUT2D eigenvalue weighted by molar-refractivity contribution is 6.33. The molecule has 0 radical (unpaired) electrons. The number of aryl methyl sites for hydroxylation is 1. The van der Waals surface area contributed by atoms with Crippen LogP contribution in [0.2, 0.25) is 0 Å². The van der Waals surface area contributed by atoms with Gasteiger partial charge in [0.2, 0.25) is 0 Å². The number of fused-ring (bicyclic) bond motifs is 1. The van der Waals surface area contributed by atoms with E-state index in [1.54, 1.807) is 0 Å². The zero-order valence-electron chi connectivity index (χ0n) is 10.7. The molecule has 0 saturated carbocycles. The predicted octanol–water partition coefficient (Wildman–Crippen LogP) is 5.44. The molecule has 4 aromatic rings. The van der Waals surface area contributed by atoms with Gasteiger partial charge in [0.15, 0.2) is 0 Å². The number of benzene rings is 4. The van der Waals surface area contributed by atoms with Gasteiger partial charge in [-0.1, -0.05) is 54.6 Å². The lowest BCUT2D eigenvalue weighted by molar-refractivity contribution is 1.51. The molecule has 4 aromatic carbocycles. The first kappa shape index (κ1) is 9.57. The van der Waals surface area contributed by atoms with Crippen molar-refractivity contribution in [1.29, 1.82) is 0 Å². The number of hydrogen-bond donors (Lipinski definition) is 0. The fourth-order valence-electron chi connectivity index (χ4n) is 3.67. The first-order chi connectivity index (χ1) is 9.34. The molecule has 19 heavy (non-hydrogen) atoms. The summed E-state index contributed by atoms with van der Waals surface area (Å²) in [5.74, 6) is 0. The highest BCUT2D eigenvalue weighted by Gasteiger charge is 2.20. The summed E-state index contributed by atoms with van der Waals surface area (Å²) in [5, 5.41) is 8.41. The van der Waals surface area contributed by atoms with Crippen LogP contribution in [0.4, 0.5) is 0 Å². The fraction of sp³-hybridized carbons (Fsp3) is 0.0526. The van der Waals surface area contributed by atoms with E-state index < -0.39 is 0 Å². The van der Waals surface area contributed by atoms with Crippen LogP contribution < -0.4 is 0 Å². The Hall–Kier alpha value is -2.34. The molecule has 0 spiro atoms. The van der Waals surface area contributed by atoms with E-state index in [1.807, 2.05) is 0 Å². The van der Waals surface area contributed by atoms with Crippen LogP contribution in [0, 0.1) is 6.92 Å². The van der Waals surface area contributed by atoms with Crippen molar-refractivity contribution in [3.05, 3.63) is 60.2 Å². The first-order valence-corrected chi connectivity index (χ1v) is 6.73. The molecule has 0 heterocycles. The Kier molecular flexibility index (Phi) is 1.50. The molecular formula is C19H12. The smallest absolute Gasteiger partial charge is 0.00142 e. The fourth-order valence-corrected chi connectivity index (χ4v) is 3.67. The number of rotatable bonds is 0. The summed E-state index contributed by atoms with van der Waals surface area (Å²) in [6.45, 7) is 2.22. The molecule has 0 N–H and O–H groups in total. The van der Waals surface area contributed by atoms with E-state index in [9.17, 15) is 0 Å². The van der Waals surface area contributed by atoms with Gasteiger partial charge in [-0.2, -0.15) is 0 Å². The van der Waals surface area contributed by atoms with Crippen molar-refractivity contribution in [2.24, 2.45) is 0 Å². The van der Waals surface area contributed by atoms with Gasteiger partial charge in [-0.05, 0) is 55.9 Å². The second-order valence-corrected chi connectivity index (χ2v) is 5.49. The molecule has 0 heteroatoms. The van der Waals surface area contributed by atoms with E-state index in [0.29, 0.717) is 0 Å². The summed E-state index contributed by atoms with van der Waals surface area (Å²) in [5.41, 5.74) is 4.23.